The number of hydrazine groups is 1. The van der Waals surface area contributed by atoms with Crippen molar-refractivity contribution in [3.05, 3.63) is 24.4 Å². The van der Waals surface area contributed by atoms with Crippen LogP contribution in [0.2, 0.25) is 0 Å². The zero-order valence-electron chi connectivity index (χ0n) is 7.27. The van der Waals surface area contributed by atoms with Gasteiger partial charge in [-0.2, -0.15) is 0 Å². The van der Waals surface area contributed by atoms with E-state index in [0.717, 1.165) is 23.7 Å². The van der Waals surface area contributed by atoms with Crippen LogP contribution in [0.25, 0.3) is 0 Å². The molecule has 3 N–H and O–H groups in total. The van der Waals surface area contributed by atoms with Gasteiger partial charge in [0.15, 0.2) is 0 Å². The Morgan fingerprint density at radius 2 is 2.38 bits per heavy atom. The van der Waals surface area contributed by atoms with E-state index in [1.807, 2.05) is 24.4 Å². The van der Waals surface area contributed by atoms with Crippen LogP contribution >= 0.6 is 21.6 Å². The molecule has 1 rings (SSSR count). The minimum atomic E-state index is 0.871. The normalized spacial score (nSPS) is 10.2. The minimum Gasteiger partial charge on any atom is -0.271 e. The average molecular weight is 215 g/mol. The van der Waals surface area contributed by atoms with Crippen molar-refractivity contribution in [2.45, 2.75) is 11.4 Å². The van der Waals surface area contributed by atoms with Crippen LogP contribution in [0.3, 0.4) is 0 Å². The van der Waals surface area contributed by atoms with Crippen molar-refractivity contribution >= 4 is 21.6 Å². The Labute approximate surface area is 86.3 Å². The van der Waals surface area contributed by atoms with Crippen LogP contribution in [0.5, 0.6) is 0 Å². The molecular weight excluding hydrogens is 202 g/mol. The first-order valence-electron chi connectivity index (χ1n) is 4.07. The van der Waals surface area contributed by atoms with Crippen LogP contribution < -0.4 is 11.3 Å². The second-order valence-corrected chi connectivity index (χ2v) is 4.82. The molecule has 0 radical (unpaired) electrons. The molecule has 13 heavy (non-hydrogen) atoms. The first-order chi connectivity index (χ1) is 6.43. The summed E-state index contributed by atoms with van der Waals surface area (Å²) >= 11 is 0. The maximum Gasteiger partial charge on any atom is 0.106 e. The Morgan fingerprint density at radius 1 is 1.46 bits per heavy atom. The third-order valence-electron chi connectivity index (χ3n) is 1.33. The predicted octanol–water partition coefficient (Wildman–Crippen LogP) is 1.68. The molecule has 0 fully saturated rings. The number of rotatable bonds is 6. The zero-order valence-corrected chi connectivity index (χ0v) is 8.90. The van der Waals surface area contributed by atoms with E-state index in [2.05, 4.69) is 10.4 Å². The minimum absolute atomic E-state index is 0.871. The summed E-state index contributed by atoms with van der Waals surface area (Å²) in [6.07, 6.45) is 2.89. The number of nitrogens with one attached hydrogen (secondary N) is 1. The van der Waals surface area contributed by atoms with Gasteiger partial charge < -0.3 is 0 Å². The number of hydrogen-bond acceptors (Lipinski definition) is 5. The first kappa shape index (κ1) is 10.8. The lowest BCUT2D eigenvalue weighted by atomic mass is 10.5. The summed E-state index contributed by atoms with van der Waals surface area (Å²) in [4.78, 5) is 4.20. The van der Waals surface area contributed by atoms with Crippen molar-refractivity contribution in [2.75, 3.05) is 12.3 Å². The predicted molar refractivity (Wildman–Crippen MR) is 59.4 cm³/mol. The van der Waals surface area contributed by atoms with Crippen molar-refractivity contribution in [2.24, 2.45) is 5.84 Å². The molecule has 0 bridgehead atoms. The van der Waals surface area contributed by atoms with Crippen molar-refractivity contribution in [3.63, 3.8) is 0 Å². The van der Waals surface area contributed by atoms with Gasteiger partial charge in [0, 0.05) is 18.5 Å². The van der Waals surface area contributed by atoms with E-state index in [4.69, 9.17) is 5.84 Å². The van der Waals surface area contributed by atoms with Gasteiger partial charge in [0.25, 0.3) is 0 Å². The molecule has 0 spiro atoms. The fourth-order valence-corrected chi connectivity index (χ4v) is 2.70. The summed E-state index contributed by atoms with van der Waals surface area (Å²) in [6.45, 7) is 0.871. The van der Waals surface area contributed by atoms with E-state index in [1.54, 1.807) is 21.6 Å². The fraction of sp³-hybridized carbons (Fsp3) is 0.375. The lowest BCUT2D eigenvalue weighted by Crippen LogP contribution is -2.23. The maximum absolute atomic E-state index is 5.14. The highest BCUT2D eigenvalue weighted by molar-refractivity contribution is 8.76. The molecule has 5 heteroatoms. The number of aromatic nitrogens is 1. The summed E-state index contributed by atoms with van der Waals surface area (Å²) in [5.41, 5.74) is 2.63. The maximum atomic E-state index is 5.14. The molecule has 1 aromatic rings. The molecule has 0 aromatic carbocycles. The molecule has 1 aromatic heterocycles. The number of pyridine rings is 1. The third-order valence-corrected chi connectivity index (χ3v) is 3.68. The van der Waals surface area contributed by atoms with Crippen LogP contribution in [-0.2, 0) is 0 Å². The summed E-state index contributed by atoms with van der Waals surface area (Å²) in [6, 6.07) is 5.93. The molecule has 0 atom stereocenters. The van der Waals surface area contributed by atoms with Gasteiger partial charge in [-0.1, -0.05) is 16.9 Å². The van der Waals surface area contributed by atoms with E-state index < -0.39 is 0 Å². The van der Waals surface area contributed by atoms with Crippen LogP contribution in [0, 0.1) is 0 Å². The first-order valence-corrected chi connectivity index (χ1v) is 6.39. The Hall–Kier alpha value is -0.230. The van der Waals surface area contributed by atoms with Crippen molar-refractivity contribution < 1.29 is 0 Å². The quantitative estimate of drug-likeness (QED) is 0.327. The molecule has 0 aliphatic heterocycles. The lowest BCUT2D eigenvalue weighted by Gasteiger charge is -1.99. The SMILES string of the molecule is NNCCCSSc1ccccn1. The van der Waals surface area contributed by atoms with Crippen molar-refractivity contribution in [1.29, 1.82) is 0 Å². The van der Waals surface area contributed by atoms with Crippen LogP contribution in [-0.4, -0.2) is 17.3 Å². The Bertz CT molecular complexity index is 218. The van der Waals surface area contributed by atoms with Gasteiger partial charge in [-0.25, -0.2) is 4.98 Å². The summed E-state index contributed by atoms with van der Waals surface area (Å²) in [5.74, 6) is 6.23. The number of nitrogens with zero attached hydrogens (tertiary/aromatic N) is 1. The summed E-state index contributed by atoms with van der Waals surface area (Å²) in [7, 11) is 3.51. The van der Waals surface area contributed by atoms with Crippen LogP contribution in [0.15, 0.2) is 29.4 Å². The highest BCUT2D eigenvalue weighted by Crippen LogP contribution is 2.28. The Kier molecular flexibility index (Phi) is 6.01. The molecule has 0 aliphatic carbocycles. The van der Waals surface area contributed by atoms with Gasteiger partial charge >= 0.3 is 0 Å². The Morgan fingerprint density at radius 3 is 3.08 bits per heavy atom. The highest BCUT2D eigenvalue weighted by Gasteiger charge is 1.93. The average Bonchev–Trinajstić information content (AvgIpc) is 2.19. The van der Waals surface area contributed by atoms with Crippen LogP contribution in [0.4, 0.5) is 0 Å². The standard InChI is InChI=1S/C8H13N3S2/c9-11-6-3-7-12-13-8-4-1-2-5-10-8/h1-2,4-5,11H,3,6-7,9H2. The van der Waals surface area contributed by atoms with Crippen molar-refractivity contribution in [3.8, 4) is 0 Å². The molecule has 72 valence electrons. The second-order valence-electron chi connectivity index (χ2n) is 2.38. The molecule has 0 aliphatic rings. The van der Waals surface area contributed by atoms with E-state index in [1.165, 1.54) is 0 Å². The van der Waals surface area contributed by atoms with E-state index in [9.17, 15) is 0 Å². The van der Waals surface area contributed by atoms with Gasteiger partial charge in [0.1, 0.15) is 5.03 Å². The van der Waals surface area contributed by atoms with Gasteiger partial charge in [0.2, 0.25) is 0 Å². The Balaban J connectivity index is 2.07. The summed E-state index contributed by atoms with van der Waals surface area (Å²) < 4.78 is 0. The smallest absolute Gasteiger partial charge is 0.106 e. The monoisotopic (exact) mass is 215 g/mol. The van der Waals surface area contributed by atoms with E-state index in [-0.39, 0.29) is 0 Å². The van der Waals surface area contributed by atoms with E-state index >= 15 is 0 Å². The summed E-state index contributed by atoms with van der Waals surface area (Å²) in [5, 5.41) is 1.06. The second kappa shape index (κ2) is 7.20. The van der Waals surface area contributed by atoms with Gasteiger partial charge in [0.05, 0.1) is 0 Å². The third kappa shape index (κ3) is 5.15. The highest BCUT2D eigenvalue weighted by atomic mass is 33.1. The molecule has 3 nitrogen and oxygen atoms in total. The molecule has 1 heterocycles. The molecule has 0 saturated heterocycles. The van der Waals surface area contributed by atoms with Gasteiger partial charge in [-0.3, -0.25) is 11.3 Å². The van der Waals surface area contributed by atoms with Gasteiger partial charge in [-0.15, -0.1) is 0 Å². The van der Waals surface area contributed by atoms with Gasteiger partial charge in [-0.05, 0) is 29.3 Å². The molecule has 0 saturated carbocycles. The fourth-order valence-electron chi connectivity index (χ4n) is 0.732. The number of hydrogen-bond donors (Lipinski definition) is 2. The molecule has 0 unspecified atom stereocenters. The largest absolute Gasteiger partial charge is 0.271 e. The lowest BCUT2D eigenvalue weighted by molar-refractivity contribution is 0.719. The van der Waals surface area contributed by atoms with Crippen LogP contribution in [0.1, 0.15) is 6.42 Å². The number of nitrogens with two attached hydrogens (primary N) is 1. The molecular formula is C8H13N3S2. The zero-order chi connectivity index (χ0) is 9.36. The molecule has 0 amide bonds. The van der Waals surface area contributed by atoms with Crippen molar-refractivity contribution in [1.82, 2.24) is 10.4 Å². The van der Waals surface area contributed by atoms with E-state index in [0.29, 0.717) is 0 Å². The topological polar surface area (TPSA) is 50.9 Å².